The van der Waals surface area contributed by atoms with Crippen molar-refractivity contribution in [2.75, 3.05) is 0 Å². The first-order valence-corrected chi connectivity index (χ1v) is 14.0. The van der Waals surface area contributed by atoms with Gasteiger partial charge in [0.25, 0.3) is 0 Å². The summed E-state index contributed by atoms with van der Waals surface area (Å²) in [5.74, 6) is -0.923. The third-order valence-electron chi connectivity index (χ3n) is 7.32. The number of benzene rings is 3. The molecule has 2 N–H and O–H groups in total. The highest BCUT2D eigenvalue weighted by Crippen LogP contribution is 2.34. The van der Waals surface area contributed by atoms with E-state index in [0.717, 1.165) is 36.8 Å². The first-order valence-electron chi connectivity index (χ1n) is 14.0. The molecule has 4 rings (SSSR count). The summed E-state index contributed by atoms with van der Waals surface area (Å²) in [6, 6.07) is 19.3. The van der Waals surface area contributed by atoms with Gasteiger partial charge >= 0.3 is 11.9 Å². The maximum Gasteiger partial charge on any atom is 0.343 e. The summed E-state index contributed by atoms with van der Waals surface area (Å²) in [7, 11) is 0. The average molecular weight is 530 g/mol. The molecular weight excluding hydrogens is 490 g/mol. The van der Waals surface area contributed by atoms with E-state index in [1.807, 2.05) is 38.1 Å². The van der Waals surface area contributed by atoms with E-state index in [9.17, 15) is 14.7 Å². The summed E-state index contributed by atoms with van der Waals surface area (Å²) in [5.41, 5.74) is 3.42. The van der Waals surface area contributed by atoms with Crippen molar-refractivity contribution in [1.29, 1.82) is 0 Å². The number of aliphatic hydroxyl groups excluding tert-OH is 1. The van der Waals surface area contributed by atoms with Gasteiger partial charge < -0.3 is 19.9 Å². The van der Waals surface area contributed by atoms with Gasteiger partial charge in [0.2, 0.25) is 0 Å². The lowest BCUT2D eigenvalue weighted by atomic mass is 9.92. The molecule has 0 bridgehead atoms. The second kappa shape index (κ2) is 13.5. The van der Waals surface area contributed by atoms with E-state index < -0.39 is 18.0 Å². The maximum absolute atomic E-state index is 13.0. The highest BCUT2D eigenvalue weighted by atomic mass is 16.6. The van der Waals surface area contributed by atoms with Gasteiger partial charge in [0.05, 0.1) is 17.2 Å². The fraction of sp³-hybridized carbons (Fsp3) is 0.394. The zero-order valence-electron chi connectivity index (χ0n) is 23.1. The number of ether oxygens (including phenoxy) is 2. The van der Waals surface area contributed by atoms with Crippen LogP contribution in [0.25, 0.3) is 0 Å². The molecule has 0 heterocycles. The average Bonchev–Trinajstić information content (AvgIpc) is 2.94. The van der Waals surface area contributed by atoms with Gasteiger partial charge in [-0.1, -0.05) is 74.1 Å². The molecule has 1 saturated carbocycles. The number of rotatable bonds is 10. The van der Waals surface area contributed by atoms with E-state index in [2.05, 4.69) is 12.2 Å². The first kappa shape index (κ1) is 28.5. The number of carbonyl (C=O) groups excluding carboxylic acids is 2. The molecule has 3 aromatic rings. The molecule has 1 fully saturated rings. The van der Waals surface area contributed by atoms with Gasteiger partial charge in [0.15, 0.2) is 11.5 Å². The van der Waals surface area contributed by atoms with E-state index in [1.54, 1.807) is 42.5 Å². The van der Waals surface area contributed by atoms with Crippen LogP contribution in [0.15, 0.2) is 66.7 Å². The molecule has 39 heavy (non-hydrogen) atoms. The Hall–Kier alpha value is -3.48. The summed E-state index contributed by atoms with van der Waals surface area (Å²) in [4.78, 5) is 25.9. The molecular formula is C33H39NO5. The highest BCUT2D eigenvalue weighted by Gasteiger charge is 2.26. The third kappa shape index (κ3) is 7.78. The molecule has 1 aliphatic carbocycles. The van der Waals surface area contributed by atoms with Gasteiger partial charge in [-0.15, -0.1) is 0 Å². The standard InChI is InChI=1S/C33H39NO5/c1-4-8-28(34-27-9-6-5-7-10-27)31(35)26-19-20-29(38-32(36)24-15-11-22(2)12-16-24)30(21-26)39-33(37)25-17-13-23(3)14-18-25/h11-21,27-28,31,34-35H,4-10H2,1-3H3. The smallest absolute Gasteiger partial charge is 0.343 e. The molecule has 0 spiro atoms. The van der Waals surface area contributed by atoms with Crippen LogP contribution < -0.4 is 14.8 Å². The molecule has 3 aromatic carbocycles. The molecule has 2 atom stereocenters. The Balaban J connectivity index is 1.61. The highest BCUT2D eigenvalue weighted by molar-refractivity contribution is 5.93. The van der Waals surface area contributed by atoms with Crippen LogP contribution in [0, 0.1) is 13.8 Å². The number of nitrogens with one attached hydrogen (secondary N) is 1. The summed E-state index contributed by atoms with van der Waals surface area (Å²) in [6.07, 6.45) is 6.80. The topological polar surface area (TPSA) is 84.9 Å². The van der Waals surface area contributed by atoms with Gasteiger partial charge in [0.1, 0.15) is 0 Å². The quantitative estimate of drug-likeness (QED) is 0.220. The van der Waals surface area contributed by atoms with Crippen molar-refractivity contribution in [3.8, 4) is 11.5 Å². The fourth-order valence-corrected chi connectivity index (χ4v) is 5.02. The zero-order chi connectivity index (χ0) is 27.8. The van der Waals surface area contributed by atoms with Gasteiger partial charge in [-0.25, -0.2) is 9.59 Å². The summed E-state index contributed by atoms with van der Waals surface area (Å²) in [5, 5.41) is 15.1. The normalized spacial score (nSPS) is 15.4. The Labute approximate surface area is 231 Å². The minimum Gasteiger partial charge on any atom is -0.419 e. The molecule has 6 nitrogen and oxygen atoms in total. The van der Waals surface area contributed by atoms with Crippen LogP contribution >= 0.6 is 0 Å². The lowest BCUT2D eigenvalue weighted by molar-refractivity contribution is 0.0680. The Morgan fingerprint density at radius 1 is 0.821 bits per heavy atom. The summed E-state index contributed by atoms with van der Waals surface area (Å²) < 4.78 is 11.4. The lowest BCUT2D eigenvalue weighted by Crippen LogP contribution is -2.42. The van der Waals surface area contributed by atoms with Crippen LogP contribution in [-0.4, -0.2) is 29.1 Å². The molecule has 6 heteroatoms. The SMILES string of the molecule is CCCC(NC1CCCCC1)C(O)c1ccc(OC(=O)c2ccc(C)cc2)c(OC(=O)c2ccc(C)cc2)c1. The van der Waals surface area contributed by atoms with Crippen molar-refractivity contribution >= 4 is 11.9 Å². The van der Waals surface area contributed by atoms with Crippen molar-refractivity contribution in [2.24, 2.45) is 0 Å². The number of carbonyl (C=O) groups is 2. The van der Waals surface area contributed by atoms with Crippen LogP contribution in [0.2, 0.25) is 0 Å². The van der Waals surface area contributed by atoms with E-state index >= 15 is 0 Å². The minimum absolute atomic E-state index is 0.0884. The minimum atomic E-state index is -0.814. The van der Waals surface area contributed by atoms with Crippen LogP contribution in [0.1, 0.15) is 95.4 Å². The van der Waals surface area contributed by atoms with E-state index in [1.165, 1.54) is 19.3 Å². The molecule has 206 valence electrons. The summed E-state index contributed by atoms with van der Waals surface area (Å²) >= 11 is 0. The van der Waals surface area contributed by atoms with E-state index in [4.69, 9.17) is 9.47 Å². The Morgan fingerprint density at radius 3 is 1.90 bits per heavy atom. The molecule has 0 aromatic heterocycles. The van der Waals surface area contributed by atoms with Gasteiger partial charge in [-0.3, -0.25) is 0 Å². The number of aliphatic hydroxyl groups is 1. The Morgan fingerprint density at radius 2 is 1.36 bits per heavy atom. The molecule has 0 amide bonds. The fourth-order valence-electron chi connectivity index (χ4n) is 5.02. The second-order valence-corrected chi connectivity index (χ2v) is 10.6. The maximum atomic E-state index is 13.0. The van der Waals surface area contributed by atoms with Crippen LogP contribution in [0.5, 0.6) is 11.5 Å². The van der Waals surface area contributed by atoms with Crippen LogP contribution in [0.3, 0.4) is 0 Å². The lowest BCUT2D eigenvalue weighted by Gasteiger charge is -2.31. The molecule has 0 radical (unpaired) electrons. The first-order chi connectivity index (χ1) is 18.8. The Bertz CT molecular complexity index is 1250. The van der Waals surface area contributed by atoms with Gasteiger partial charge in [0, 0.05) is 12.1 Å². The van der Waals surface area contributed by atoms with Crippen molar-refractivity contribution in [2.45, 2.75) is 83.9 Å². The van der Waals surface area contributed by atoms with Crippen molar-refractivity contribution in [3.05, 3.63) is 94.5 Å². The number of esters is 2. The number of aryl methyl sites for hydroxylation is 2. The predicted molar refractivity (Wildman–Crippen MR) is 152 cm³/mol. The number of hydrogen-bond acceptors (Lipinski definition) is 6. The van der Waals surface area contributed by atoms with Crippen molar-refractivity contribution < 1.29 is 24.2 Å². The van der Waals surface area contributed by atoms with Crippen LogP contribution in [-0.2, 0) is 0 Å². The predicted octanol–water partition coefficient (Wildman–Crippen LogP) is 6.87. The second-order valence-electron chi connectivity index (χ2n) is 10.6. The van der Waals surface area contributed by atoms with Gasteiger partial charge in [-0.05, 0) is 75.1 Å². The molecule has 2 unspecified atom stereocenters. The van der Waals surface area contributed by atoms with Crippen LogP contribution in [0.4, 0.5) is 0 Å². The third-order valence-corrected chi connectivity index (χ3v) is 7.32. The molecule has 0 aliphatic heterocycles. The van der Waals surface area contributed by atoms with E-state index in [-0.39, 0.29) is 17.5 Å². The zero-order valence-corrected chi connectivity index (χ0v) is 23.1. The monoisotopic (exact) mass is 529 g/mol. The van der Waals surface area contributed by atoms with E-state index in [0.29, 0.717) is 22.7 Å². The van der Waals surface area contributed by atoms with Gasteiger partial charge in [-0.2, -0.15) is 0 Å². The van der Waals surface area contributed by atoms with Crippen molar-refractivity contribution in [1.82, 2.24) is 5.32 Å². The Kier molecular flexibility index (Phi) is 9.90. The summed E-state index contributed by atoms with van der Waals surface area (Å²) in [6.45, 7) is 5.98. The number of hydrogen-bond donors (Lipinski definition) is 2. The molecule has 0 saturated heterocycles. The van der Waals surface area contributed by atoms with Crippen molar-refractivity contribution in [3.63, 3.8) is 0 Å². The molecule has 1 aliphatic rings. The largest absolute Gasteiger partial charge is 0.419 e.